The van der Waals surface area contributed by atoms with Crippen LogP contribution in [0.1, 0.15) is 55.4 Å². The fourth-order valence-electron chi connectivity index (χ4n) is 1.16. The topological polar surface area (TPSA) is 23.8 Å². The molecule has 1 N–H and O–H groups in total. The van der Waals surface area contributed by atoms with E-state index in [2.05, 4.69) is 47.6 Å². The van der Waals surface area contributed by atoms with Crippen LogP contribution >= 0.6 is 0 Å². The van der Waals surface area contributed by atoms with E-state index < -0.39 is 0 Å². The van der Waals surface area contributed by atoms with Crippen molar-refractivity contribution in [2.24, 2.45) is 5.92 Å². The number of allylic oxidation sites excluding steroid dienone is 4. The van der Waals surface area contributed by atoms with E-state index >= 15 is 0 Å². The molecule has 0 bridgehead atoms. The molecule has 20 heavy (non-hydrogen) atoms. The van der Waals surface area contributed by atoms with Crippen molar-refractivity contribution in [3.8, 4) is 0 Å². The van der Waals surface area contributed by atoms with Gasteiger partial charge in [-0.3, -0.25) is 6.08 Å². The fraction of sp³-hybridized carbons (Fsp3) is 0.733. The zero-order valence-corrected chi connectivity index (χ0v) is 19.4. The summed E-state index contributed by atoms with van der Waals surface area (Å²) < 4.78 is 0. The largest absolute Gasteiger partial charge is 4.00 e. The summed E-state index contributed by atoms with van der Waals surface area (Å²) in [6.07, 6.45) is 3.36. The quantitative estimate of drug-likeness (QED) is 0.381. The smallest absolute Gasteiger partial charge is 1.00 e. The number of hydrogen-bond donors (Lipinski definition) is 0. The Hall–Kier alpha value is 0.951. The molecule has 1 aliphatic carbocycles. The molecular weight excluding hydrogens is 341 g/mol. The Labute approximate surface area is 156 Å². The summed E-state index contributed by atoms with van der Waals surface area (Å²) in [6, 6.07) is 0. The van der Waals surface area contributed by atoms with Gasteiger partial charge < -0.3 is 30.5 Å². The zero-order valence-electron chi connectivity index (χ0n) is 14.3. The molecule has 0 fully saturated rings. The van der Waals surface area contributed by atoms with E-state index in [1.54, 1.807) is 0 Å². The maximum Gasteiger partial charge on any atom is 4.00 e. The van der Waals surface area contributed by atoms with Gasteiger partial charge in [-0.1, -0.05) is 59.4 Å². The van der Waals surface area contributed by atoms with Crippen LogP contribution in [0.5, 0.6) is 0 Å². The predicted molar refractivity (Wildman–Crippen MR) is 82.3 cm³/mol. The first-order chi connectivity index (χ1) is 7.38. The molecular formula is C15H29Cl2NSiTi. The monoisotopic (exact) mass is 369 g/mol. The van der Waals surface area contributed by atoms with Crippen LogP contribution in [0.15, 0.2) is 16.7 Å². The summed E-state index contributed by atoms with van der Waals surface area (Å²) in [5.74, 6) is 0.560. The molecule has 0 spiro atoms. The SMILES string of the molecule is CC(C)([NH-])C(C)(C)[SiH3].CC1=[C-]C(C)C(C)=C1C.[Cl-].[Cl-].[Ti+4]. The van der Waals surface area contributed by atoms with Crippen molar-refractivity contribution in [1.82, 2.24) is 0 Å². The van der Waals surface area contributed by atoms with Gasteiger partial charge in [-0.2, -0.15) is 11.1 Å². The molecule has 0 heterocycles. The number of nitrogens with one attached hydrogen (secondary N) is 1. The molecule has 0 aromatic heterocycles. The van der Waals surface area contributed by atoms with E-state index in [0.717, 1.165) is 10.2 Å². The van der Waals surface area contributed by atoms with Gasteiger partial charge >= 0.3 is 21.7 Å². The Morgan fingerprint density at radius 3 is 1.40 bits per heavy atom. The first-order valence-electron chi connectivity index (χ1n) is 6.40. The molecule has 0 aromatic carbocycles. The zero-order chi connectivity index (χ0) is 14.0. The predicted octanol–water partition coefficient (Wildman–Crippen LogP) is -1.89. The number of hydrogen-bond acceptors (Lipinski definition) is 0. The van der Waals surface area contributed by atoms with Gasteiger partial charge in [-0.25, -0.2) is 5.57 Å². The van der Waals surface area contributed by atoms with Crippen LogP contribution in [0.3, 0.4) is 0 Å². The number of rotatable bonds is 1. The molecule has 0 aromatic rings. The standard InChI is InChI=1S/C9H13.C6H16NSi.2ClH.Ti/c1-6-5-7(2)9(4)8(6)3;1-5(2,7)6(3,4)8;;;/h6H,1-4H3;7H,1-4,8H3;2*1H;/q2*-1;;;+4/p-2. The van der Waals surface area contributed by atoms with E-state index in [9.17, 15) is 0 Å². The van der Waals surface area contributed by atoms with Gasteiger partial charge in [0.05, 0.1) is 0 Å². The molecule has 0 saturated heterocycles. The van der Waals surface area contributed by atoms with E-state index in [0.29, 0.717) is 5.92 Å². The summed E-state index contributed by atoms with van der Waals surface area (Å²) in [6.45, 7) is 16.9. The van der Waals surface area contributed by atoms with Crippen LogP contribution < -0.4 is 24.8 Å². The Morgan fingerprint density at radius 2 is 1.35 bits per heavy atom. The van der Waals surface area contributed by atoms with Crippen LogP contribution in [0.2, 0.25) is 5.04 Å². The van der Waals surface area contributed by atoms with Gasteiger partial charge in [-0.05, 0) is 0 Å². The molecule has 0 amide bonds. The van der Waals surface area contributed by atoms with Crippen molar-refractivity contribution in [2.45, 2.75) is 66.0 Å². The summed E-state index contributed by atoms with van der Waals surface area (Å²) in [5, 5.41) is 0.243. The molecule has 0 radical (unpaired) electrons. The molecule has 1 unspecified atom stereocenters. The van der Waals surface area contributed by atoms with Crippen molar-refractivity contribution in [3.63, 3.8) is 0 Å². The van der Waals surface area contributed by atoms with Crippen LogP contribution in [0.25, 0.3) is 5.73 Å². The molecule has 0 aliphatic heterocycles. The van der Waals surface area contributed by atoms with Crippen LogP contribution in [0.4, 0.5) is 0 Å². The molecule has 116 valence electrons. The third-order valence-corrected chi connectivity index (χ3v) is 5.36. The molecule has 1 rings (SSSR count). The molecule has 0 saturated carbocycles. The first-order valence-corrected chi connectivity index (χ1v) is 7.40. The maximum atomic E-state index is 7.62. The molecule has 1 atom stereocenters. The summed E-state index contributed by atoms with van der Waals surface area (Å²) in [7, 11) is 1.10. The van der Waals surface area contributed by atoms with Gasteiger partial charge in [0.15, 0.2) is 0 Å². The van der Waals surface area contributed by atoms with Crippen LogP contribution in [0, 0.1) is 12.0 Å². The normalized spacial score (nSPS) is 18.1. The van der Waals surface area contributed by atoms with Crippen LogP contribution in [-0.4, -0.2) is 15.8 Å². The second-order valence-electron chi connectivity index (χ2n) is 6.67. The maximum absolute atomic E-state index is 7.62. The van der Waals surface area contributed by atoms with Crippen molar-refractivity contribution >= 4 is 10.2 Å². The Balaban J connectivity index is -0.000000112. The second-order valence-corrected chi connectivity index (χ2v) is 9.17. The average Bonchev–Trinajstić information content (AvgIpc) is 2.31. The van der Waals surface area contributed by atoms with Gasteiger partial charge in [-0.15, -0.1) is 12.5 Å². The average molecular weight is 370 g/mol. The van der Waals surface area contributed by atoms with Gasteiger partial charge in [0.1, 0.15) is 0 Å². The van der Waals surface area contributed by atoms with Gasteiger partial charge in [0, 0.05) is 10.2 Å². The van der Waals surface area contributed by atoms with Crippen LogP contribution in [-0.2, 0) is 21.7 Å². The minimum Gasteiger partial charge on any atom is -1.00 e. The molecule has 5 heteroatoms. The third kappa shape index (κ3) is 9.07. The van der Waals surface area contributed by atoms with E-state index in [4.69, 9.17) is 5.73 Å². The number of halogens is 2. The van der Waals surface area contributed by atoms with Crippen molar-refractivity contribution in [1.29, 1.82) is 0 Å². The van der Waals surface area contributed by atoms with Crippen molar-refractivity contribution < 1.29 is 46.5 Å². The fourth-order valence-corrected chi connectivity index (χ4v) is 1.16. The van der Waals surface area contributed by atoms with Crippen molar-refractivity contribution in [2.75, 3.05) is 0 Å². The summed E-state index contributed by atoms with van der Waals surface area (Å²) in [4.78, 5) is 0. The van der Waals surface area contributed by atoms with Gasteiger partial charge in [0.2, 0.25) is 0 Å². The minimum atomic E-state index is -0.251. The summed E-state index contributed by atoms with van der Waals surface area (Å²) in [5.41, 5.74) is 11.6. The Bertz CT molecular complexity index is 327. The minimum absolute atomic E-state index is 0. The second kappa shape index (κ2) is 10.6. The van der Waals surface area contributed by atoms with E-state index in [1.807, 2.05) is 13.8 Å². The van der Waals surface area contributed by atoms with E-state index in [1.165, 1.54) is 16.7 Å². The van der Waals surface area contributed by atoms with E-state index in [-0.39, 0.29) is 57.1 Å². The molecule has 1 nitrogen and oxygen atoms in total. The Kier molecular flexibility index (Phi) is 15.4. The van der Waals surface area contributed by atoms with Gasteiger partial charge in [0.25, 0.3) is 0 Å². The first kappa shape index (κ1) is 29.0. The third-order valence-electron chi connectivity index (χ3n) is 4.11. The van der Waals surface area contributed by atoms with Crippen molar-refractivity contribution in [3.05, 3.63) is 28.5 Å². The Morgan fingerprint density at radius 1 is 1.05 bits per heavy atom. The summed E-state index contributed by atoms with van der Waals surface area (Å²) >= 11 is 0. The molecule has 1 aliphatic rings.